The molecule has 0 bridgehead atoms. The summed E-state index contributed by atoms with van der Waals surface area (Å²) in [4.78, 5) is 0. The number of aryl methyl sites for hydroxylation is 1. The monoisotopic (exact) mass is 280 g/mol. The Bertz CT molecular complexity index is 474. The van der Waals surface area contributed by atoms with Crippen LogP contribution in [-0.4, -0.2) is 0 Å². The first-order chi connectivity index (χ1) is 7.16. The normalized spacial score (nSPS) is 10.3. The van der Waals surface area contributed by atoms with Crippen LogP contribution in [0.4, 0.5) is 0 Å². The van der Waals surface area contributed by atoms with Crippen molar-refractivity contribution in [3.63, 3.8) is 0 Å². The van der Waals surface area contributed by atoms with Crippen molar-refractivity contribution in [1.29, 1.82) is 0 Å². The maximum absolute atomic E-state index is 6.17. The minimum Gasteiger partial charge on any atom is -0.0836 e. The third-order valence-electron chi connectivity index (χ3n) is 2.29. The molecule has 0 atom stereocenters. The van der Waals surface area contributed by atoms with E-state index >= 15 is 0 Å². The maximum Gasteiger partial charge on any atom is 0.0495 e. The highest BCUT2D eigenvalue weighted by Crippen LogP contribution is 2.30. The third-order valence-corrected chi connectivity index (χ3v) is 3.10. The largest absolute Gasteiger partial charge is 0.0836 e. The van der Waals surface area contributed by atoms with Crippen molar-refractivity contribution >= 4 is 27.5 Å². The quantitative estimate of drug-likeness (QED) is 0.684. The average molecular weight is 282 g/mol. The van der Waals surface area contributed by atoms with E-state index in [0.29, 0.717) is 0 Å². The van der Waals surface area contributed by atoms with Crippen molar-refractivity contribution in [2.45, 2.75) is 6.92 Å². The molecule has 2 rings (SSSR count). The van der Waals surface area contributed by atoms with Crippen LogP contribution < -0.4 is 0 Å². The molecule has 0 spiro atoms. The van der Waals surface area contributed by atoms with E-state index < -0.39 is 0 Å². The Hall–Kier alpha value is -0.790. The molecule has 0 saturated carbocycles. The van der Waals surface area contributed by atoms with Crippen LogP contribution in [0.5, 0.6) is 0 Å². The Labute approximate surface area is 103 Å². The van der Waals surface area contributed by atoms with E-state index in [1.165, 1.54) is 5.56 Å². The topological polar surface area (TPSA) is 0 Å². The predicted octanol–water partition coefficient (Wildman–Crippen LogP) is 5.08. The van der Waals surface area contributed by atoms with Gasteiger partial charge >= 0.3 is 0 Å². The first-order valence-electron chi connectivity index (χ1n) is 4.69. The van der Waals surface area contributed by atoms with Gasteiger partial charge in [-0.05, 0) is 24.6 Å². The van der Waals surface area contributed by atoms with E-state index in [9.17, 15) is 0 Å². The standard InChI is InChI=1S/C13H10BrCl/c1-9-2-4-10(5-3-9)12-7-6-11(14)8-13(12)15/h2-8H,1H3. The van der Waals surface area contributed by atoms with Gasteiger partial charge < -0.3 is 0 Å². The second-order valence-corrected chi connectivity index (χ2v) is 4.81. The lowest BCUT2D eigenvalue weighted by molar-refractivity contribution is 1.47. The Morgan fingerprint density at radius 3 is 2.27 bits per heavy atom. The zero-order chi connectivity index (χ0) is 10.8. The minimum absolute atomic E-state index is 0.772. The molecule has 0 amide bonds. The van der Waals surface area contributed by atoms with Gasteiger partial charge in [0.2, 0.25) is 0 Å². The maximum atomic E-state index is 6.17. The van der Waals surface area contributed by atoms with Crippen molar-refractivity contribution in [2.24, 2.45) is 0 Å². The smallest absolute Gasteiger partial charge is 0.0495 e. The Balaban J connectivity index is 2.49. The number of hydrogen-bond donors (Lipinski definition) is 0. The summed E-state index contributed by atoms with van der Waals surface area (Å²) in [5.74, 6) is 0. The fourth-order valence-corrected chi connectivity index (χ4v) is 2.24. The number of hydrogen-bond acceptors (Lipinski definition) is 0. The molecular weight excluding hydrogens is 272 g/mol. The molecule has 0 aliphatic heterocycles. The summed E-state index contributed by atoms with van der Waals surface area (Å²) in [7, 11) is 0. The summed E-state index contributed by atoms with van der Waals surface area (Å²) >= 11 is 9.57. The van der Waals surface area contributed by atoms with Crippen LogP contribution in [-0.2, 0) is 0 Å². The van der Waals surface area contributed by atoms with Crippen LogP contribution in [0, 0.1) is 6.92 Å². The van der Waals surface area contributed by atoms with Crippen molar-refractivity contribution in [2.75, 3.05) is 0 Å². The molecule has 0 fully saturated rings. The second kappa shape index (κ2) is 4.38. The van der Waals surface area contributed by atoms with Crippen LogP contribution in [0.2, 0.25) is 5.02 Å². The first kappa shape index (κ1) is 10.7. The Morgan fingerprint density at radius 1 is 1.00 bits per heavy atom. The summed E-state index contributed by atoms with van der Waals surface area (Å²) in [6, 6.07) is 14.3. The first-order valence-corrected chi connectivity index (χ1v) is 5.86. The molecule has 2 aromatic rings. The van der Waals surface area contributed by atoms with E-state index in [0.717, 1.165) is 20.6 Å². The van der Waals surface area contributed by atoms with Crippen LogP contribution >= 0.6 is 27.5 Å². The van der Waals surface area contributed by atoms with Gasteiger partial charge in [-0.2, -0.15) is 0 Å². The molecule has 15 heavy (non-hydrogen) atoms. The fourth-order valence-electron chi connectivity index (χ4n) is 1.46. The summed E-state index contributed by atoms with van der Waals surface area (Å²) < 4.78 is 1.00. The molecular formula is C13H10BrCl. The zero-order valence-electron chi connectivity index (χ0n) is 8.30. The lowest BCUT2D eigenvalue weighted by Gasteiger charge is -2.05. The summed E-state index contributed by atoms with van der Waals surface area (Å²) in [6.07, 6.45) is 0. The van der Waals surface area contributed by atoms with Crippen LogP contribution in [0.15, 0.2) is 46.9 Å². The molecule has 2 heteroatoms. The Kier molecular flexibility index (Phi) is 3.13. The molecule has 0 aliphatic rings. The predicted molar refractivity (Wildman–Crippen MR) is 69.3 cm³/mol. The van der Waals surface area contributed by atoms with Gasteiger partial charge in [-0.3, -0.25) is 0 Å². The molecule has 76 valence electrons. The molecule has 0 aromatic heterocycles. The Morgan fingerprint density at radius 2 is 1.67 bits per heavy atom. The fraction of sp³-hybridized carbons (Fsp3) is 0.0769. The molecule has 0 N–H and O–H groups in total. The number of benzene rings is 2. The molecule has 2 aromatic carbocycles. The number of rotatable bonds is 1. The van der Waals surface area contributed by atoms with Gasteiger partial charge in [-0.25, -0.2) is 0 Å². The van der Waals surface area contributed by atoms with Gasteiger partial charge in [0.05, 0.1) is 0 Å². The summed E-state index contributed by atoms with van der Waals surface area (Å²) in [6.45, 7) is 2.08. The minimum atomic E-state index is 0.772. The van der Waals surface area contributed by atoms with E-state index in [4.69, 9.17) is 11.6 Å². The van der Waals surface area contributed by atoms with Crippen LogP contribution in [0.25, 0.3) is 11.1 Å². The van der Waals surface area contributed by atoms with Gasteiger partial charge in [0, 0.05) is 15.1 Å². The molecule has 0 radical (unpaired) electrons. The third kappa shape index (κ3) is 2.42. The lowest BCUT2D eigenvalue weighted by atomic mass is 10.0. The van der Waals surface area contributed by atoms with Crippen molar-refractivity contribution in [3.05, 3.63) is 57.5 Å². The average Bonchev–Trinajstić information content (AvgIpc) is 2.20. The van der Waals surface area contributed by atoms with E-state index in [1.807, 2.05) is 18.2 Å². The molecule has 0 saturated heterocycles. The van der Waals surface area contributed by atoms with E-state index in [2.05, 4.69) is 47.1 Å². The summed E-state index contributed by atoms with van der Waals surface area (Å²) in [5, 5.41) is 0.772. The van der Waals surface area contributed by atoms with Crippen LogP contribution in [0.3, 0.4) is 0 Å². The second-order valence-electron chi connectivity index (χ2n) is 3.49. The van der Waals surface area contributed by atoms with Gasteiger partial charge in [-0.15, -0.1) is 0 Å². The highest BCUT2D eigenvalue weighted by atomic mass is 79.9. The van der Waals surface area contributed by atoms with Crippen molar-refractivity contribution < 1.29 is 0 Å². The molecule has 0 heterocycles. The SMILES string of the molecule is Cc1ccc(-c2ccc(Br)cc2Cl)cc1. The van der Waals surface area contributed by atoms with Gasteiger partial charge in [0.15, 0.2) is 0 Å². The summed E-state index contributed by atoms with van der Waals surface area (Å²) in [5.41, 5.74) is 3.48. The van der Waals surface area contributed by atoms with Crippen LogP contribution in [0.1, 0.15) is 5.56 Å². The van der Waals surface area contributed by atoms with Crippen molar-refractivity contribution in [1.82, 2.24) is 0 Å². The molecule has 0 nitrogen and oxygen atoms in total. The zero-order valence-corrected chi connectivity index (χ0v) is 10.6. The number of halogens is 2. The van der Waals surface area contributed by atoms with Gasteiger partial charge in [-0.1, -0.05) is 63.4 Å². The van der Waals surface area contributed by atoms with Gasteiger partial charge in [0.1, 0.15) is 0 Å². The lowest BCUT2D eigenvalue weighted by Crippen LogP contribution is -1.80. The highest BCUT2D eigenvalue weighted by Gasteiger charge is 2.03. The van der Waals surface area contributed by atoms with E-state index in [1.54, 1.807) is 0 Å². The van der Waals surface area contributed by atoms with E-state index in [-0.39, 0.29) is 0 Å². The molecule has 0 unspecified atom stereocenters. The van der Waals surface area contributed by atoms with Gasteiger partial charge in [0.25, 0.3) is 0 Å². The highest BCUT2D eigenvalue weighted by molar-refractivity contribution is 9.10. The van der Waals surface area contributed by atoms with Crippen molar-refractivity contribution in [3.8, 4) is 11.1 Å². The molecule has 0 aliphatic carbocycles.